The fourth-order valence-corrected chi connectivity index (χ4v) is 5.09. The SMILES string of the molecule is CC1CCC(C(C)C)C(C=CC(=O)OCCCCO)C1.CC1CCC(C(C)C)CC1. The summed E-state index contributed by atoms with van der Waals surface area (Å²) in [7, 11) is 0. The molecule has 2 aliphatic carbocycles. The highest BCUT2D eigenvalue weighted by atomic mass is 16.5. The predicted octanol–water partition coefficient (Wildman–Crippen LogP) is 7.04. The zero-order valence-electron chi connectivity index (χ0n) is 20.7. The Kier molecular flexibility index (Phi) is 13.6. The largest absolute Gasteiger partial charge is 0.463 e. The molecule has 0 amide bonds. The van der Waals surface area contributed by atoms with Crippen molar-refractivity contribution in [3.05, 3.63) is 12.2 Å². The van der Waals surface area contributed by atoms with E-state index in [1.807, 2.05) is 0 Å². The van der Waals surface area contributed by atoms with Crippen LogP contribution in [0.3, 0.4) is 0 Å². The first-order valence-corrected chi connectivity index (χ1v) is 12.7. The van der Waals surface area contributed by atoms with Gasteiger partial charge in [-0.1, -0.05) is 66.9 Å². The molecular weight excluding hydrogens is 372 g/mol. The Labute approximate surface area is 187 Å². The molecule has 0 heterocycles. The topological polar surface area (TPSA) is 46.5 Å². The van der Waals surface area contributed by atoms with Crippen LogP contribution >= 0.6 is 0 Å². The zero-order chi connectivity index (χ0) is 22.5. The van der Waals surface area contributed by atoms with E-state index in [4.69, 9.17) is 9.84 Å². The number of unbranched alkanes of at least 4 members (excludes halogenated alkanes) is 1. The number of allylic oxidation sites excluding steroid dienone is 1. The zero-order valence-corrected chi connectivity index (χ0v) is 20.7. The fourth-order valence-electron chi connectivity index (χ4n) is 5.09. The third-order valence-electron chi connectivity index (χ3n) is 7.35. The Bertz CT molecular complexity index is 474. The molecule has 3 unspecified atom stereocenters. The Morgan fingerprint density at radius 1 is 0.933 bits per heavy atom. The molecule has 0 saturated heterocycles. The smallest absolute Gasteiger partial charge is 0.330 e. The monoisotopic (exact) mass is 422 g/mol. The van der Waals surface area contributed by atoms with Gasteiger partial charge >= 0.3 is 5.97 Å². The van der Waals surface area contributed by atoms with E-state index in [-0.39, 0.29) is 12.6 Å². The van der Waals surface area contributed by atoms with Crippen LogP contribution < -0.4 is 0 Å². The molecule has 3 heteroatoms. The standard InChI is InChI=1S/C17H30O3.C10H20/c1-13(2)16-8-6-14(3)12-15(16)7-9-17(19)20-11-5-4-10-18;1-8(2)10-6-4-9(3)5-7-10/h7,9,13-16,18H,4-6,8,10-12H2,1-3H3;8-10H,4-7H2,1-3H3. The van der Waals surface area contributed by atoms with E-state index in [0.717, 1.165) is 30.1 Å². The number of carbonyl (C=O) groups is 1. The third-order valence-corrected chi connectivity index (χ3v) is 7.35. The van der Waals surface area contributed by atoms with Crippen molar-refractivity contribution in [2.75, 3.05) is 13.2 Å². The second-order valence-corrected chi connectivity index (χ2v) is 10.7. The van der Waals surface area contributed by atoms with Crippen LogP contribution in [-0.4, -0.2) is 24.3 Å². The second kappa shape index (κ2) is 15.1. The number of aliphatic hydroxyl groups is 1. The Morgan fingerprint density at radius 2 is 1.57 bits per heavy atom. The van der Waals surface area contributed by atoms with Crippen LogP contribution in [0.4, 0.5) is 0 Å². The van der Waals surface area contributed by atoms with Crippen molar-refractivity contribution in [1.82, 2.24) is 0 Å². The normalized spacial score (nSPS) is 29.7. The van der Waals surface area contributed by atoms with Gasteiger partial charge in [0.2, 0.25) is 0 Å². The minimum absolute atomic E-state index is 0.156. The lowest BCUT2D eigenvalue weighted by Crippen LogP contribution is -2.26. The van der Waals surface area contributed by atoms with Gasteiger partial charge in [0, 0.05) is 12.7 Å². The summed E-state index contributed by atoms with van der Waals surface area (Å²) in [5.74, 6) is 5.33. The Morgan fingerprint density at radius 3 is 2.13 bits per heavy atom. The average molecular weight is 423 g/mol. The van der Waals surface area contributed by atoms with E-state index >= 15 is 0 Å². The summed E-state index contributed by atoms with van der Waals surface area (Å²) in [5.41, 5.74) is 0. The first kappa shape index (κ1) is 27.2. The van der Waals surface area contributed by atoms with E-state index in [1.165, 1.54) is 44.9 Å². The molecular formula is C27H50O3. The highest BCUT2D eigenvalue weighted by Crippen LogP contribution is 2.38. The van der Waals surface area contributed by atoms with E-state index in [2.05, 4.69) is 47.6 Å². The van der Waals surface area contributed by atoms with Gasteiger partial charge in [-0.15, -0.1) is 0 Å². The summed E-state index contributed by atoms with van der Waals surface area (Å²) in [6.07, 6.45) is 14.8. The highest BCUT2D eigenvalue weighted by molar-refractivity contribution is 5.81. The number of hydrogen-bond donors (Lipinski definition) is 1. The van der Waals surface area contributed by atoms with Gasteiger partial charge in [-0.3, -0.25) is 0 Å². The highest BCUT2D eigenvalue weighted by Gasteiger charge is 2.29. The van der Waals surface area contributed by atoms with Gasteiger partial charge in [0.05, 0.1) is 6.61 Å². The summed E-state index contributed by atoms with van der Waals surface area (Å²) >= 11 is 0. The molecule has 0 aromatic rings. The molecule has 30 heavy (non-hydrogen) atoms. The lowest BCUT2D eigenvalue weighted by atomic mass is 9.70. The van der Waals surface area contributed by atoms with Gasteiger partial charge in [-0.05, 0) is 80.0 Å². The Balaban J connectivity index is 0.000000375. The molecule has 0 spiro atoms. The van der Waals surface area contributed by atoms with Crippen molar-refractivity contribution in [3.63, 3.8) is 0 Å². The summed E-state index contributed by atoms with van der Waals surface area (Å²) in [4.78, 5) is 11.6. The van der Waals surface area contributed by atoms with Crippen molar-refractivity contribution in [2.24, 2.45) is 41.4 Å². The fraction of sp³-hybridized carbons (Fsp3) is 0.889. The molecule has 3 nitrogen and oxygen atoms in total. The molecule has 176 valence electrons. The van der Waals surface area contributed by atoms with Gasteiger partial charge in [0.1, 0.15) is 0 Å². The maximum atomic E-state index is 11.6. The van der Waals surface area contributed by atoms with Crippen molar-refractivity contribution in [1.29, 1.82) is 0 Å². The molecule has 3 atom stereocenters. The van der Waals surface area contributed by atoms with Crippen LogP contribution in [0.1, 0.15) is 99.3 Å². The van der Waals surface area contributed by atoms with E-state index in [9.17, 15) is 4.79 Å². The van der Waals surface area contributed by atoms with E-state index in [1.54, 1.807) is 6.08 Å². The van der Waals surface area contributed by atoms with Crippen molar-refractivity contribution in [2.45, 2.75) is 99.3 Å². The van der Waals surface area contributed by atoms with Crippen molar-refractivity contribution < 1.29 is 14.6 Å². The van der Waals surface area contributed by atoms with Crippen LogP contribution in [0.15, 0.2) is 12.2 Å². The molecule has 0 aromatic carbocycles. The van der Waals surface area contributed by atoms with E-state index in [0.29, 0.717) is 30.8 Å². The molecule has 2 aliphatic rings. The molecule has 0 bridgehead atoms. The van der Waals surface area contributed by atoms with Gasteiger partial charge < -0.3 is 9.84 Å². The quantitative estimate of drug-likeness (QED) is 0.259. The lowest BCUT2D eigenvalue weighted by Gasteiger charge is -2.35. The second-order valence-electron chi connectivity index (χ2n) is 10.7. The van der Waals surface area contributed by atoms with Gasteiger partial charge in [-0.25, -0.2) is 4.79 Å². The molecule has 1 N–H and O–H groups in total. The van der Waals surface area contributed by atoms with Crippen LogP contribution in [0.2, 0.25) is 0 Å². The maximum Gasteiger partial charge on any atom is 0.330 e. The average Bonchev–Trinajstić information content (AvgIpc) is 2.70. The number of hydrogen-bond acceptors (Lipinski definition) is 3. The minimum Gasteiger partial charge on any atom is -0.463 e. The first-order valence-electron chi connectivity index (χ1n) is 12.7. The van der Waals surface area contributed by atoms with Crippen LogP contribution in [0, 0.1) is 41.4 Å². The predicted molar refractivity (Wildman–Crippen MR) is 127 cm³/mol. The van der Waals surface area contributed by atoms with Crippen LogP contribution in [0.5, 0.6) is 0 Å². The van der Waals surface area contributed by atoms with Gasteiger partial charge in [0.25, 0.3) is 0 Å². The third kappa shape index (κ3) is 11.0. The van der Waals surface area contributed by atoms with Crippen LogP contribution in [-0.2, 0) is 9.53 Å². The molecule has 2 saturated carbocycles. The summed E-state index contributed by atoms with van der Waals surface area (Å²) in [6, 6.07) is 0. The number of ether oxygens (including phenoxy) is 1. The number of carbonyl (C=O) groups excluding carboxylic acids is 1. The van der Waals surface area contributed by atoms with Gasteiger partial charge in [-0.2, -0.15) is 0 Å². The summed E-state index contributed by atoms with van der Waals surface area (Å²) < 4.78 is 5.12. The minimum atomic E-state index is -0.247. The maximum absolute atomic E-state index is 11.6. The molecule has 2 fully saturated rings. The summed E-state index contributed by atoms with van der Waals surface area (Å²) in [6.45, 7) is 14.5. The molecule has 0 aliphatic heterocycles. The number of aliphatic hydroxyl groups excluding tert-OH is 1. The number of esters is 1. The van der Waals surface area contributed by atoms with Crippen molar-refractivity contribution >= 4 is 5.97 Å². The Hall–Kier alpha value is -0.830. The van der Waals surface area contributed by atoms with Crippen molar-refractivity contribution in [3.8, 4) is 0 Å². The van der Waals surface area contributed by atoms with E-state index < -0.39 is 0 Å². The number of rotatable bonds is 8. The molecule has 0 radical (unpaired) electrons. The summed E-state index contributed by atoms with van der Waals surface area (Å²) in [5, 5.41) is 8.66. The molecule has 0 aromatic heterocycles. The molecule has 2 rings (SSSR count). The van der Waals surface area contributed by atoms with Gasteiger partial charge in [0.15, 0.2) is 0 Å². The first-order chi connectivity index (χ1) is 14.2. The lowest BCUT2D eigenvalue weighted by molar-refractivity contribution is -0.138. The van der Waals surface area contributed by atoms with Crippen LogP contribution in [0.25, 0.3) is 0 Å².